The summed E-state index contributed by atoms with van der Waals surface area (Å²) in [6, 6.07) is 3.20. The third-order valence-corrected chi connectivity index (χ3v) is 3.93. The van der Waals surface area contributed by atoms with Crippen LogP contribution in [0.5, 0.6) is 0 Å². The van der Waals surface area contributed by atoms with Crippen molar-refractivity contribution in [2.75, 3.05) is 31.1 Å². The summed E-state index contributed by atoms with van der Waals surface area (Å²) in [4.78, 5) is 26.6. The van der Waals surface area contributed by atoms with Crippen molar-refractivity contribution in [3.8, 4) is 0 Å². The lowest BCUT2D eigenvalue weighted by atomic mass is 10.1. The first kappa shape index (κ1) is 18.0. The molecule has 1 aliphatic heterocycles. The number of aryl methyl sites for hydroxylation is 2. The van der Waals surface area contributed by atoms with Crippen molar-refractivity contribution in [3.05, 3.63) is 33.4 Å². The molecule has 7 nitrogen and oxygen atoms in total. The Balaban J connectivity index is 2.07. The predicted molar refractivity (Wildman–Crippen MR) is 92.6 cm³/mol. The Morgan fingerprint density at radius 2 is 1.62 bits per heavy atom. The summed E-state index contributed by atoms with van der Waals surface area (Å²) in [5.74, 6) is 0. The van der Waals surface area contributed by atoms with E-state index in [1.807, 2.05) is 34.6 Å². The van der Waals surface area contributed by atoms with Crippen LogP contribution in [-0.2, 0) is 4.74 Å². The number of ether oxygens (including phenoxy) is 1. The molecular formula is C17H25N3O4. The molecule has 0 aliphatic carbocycles. The molecule has 1 aromatic rings. The van der Waals surface area contributed by atoms with Gasteiger partial charge in [-0.2, -0.15) is 0 Å². The highest BCUT2D eigenvalue weighted by atomic mass is 16.6. The fraction of sp³-hybridized carbons (Fsp3) is 0.588. The molecule has 0 atom stereocenters. The molecule has 0 N–H and O–H groups in total. The van der Waals surface area contributed by atoms with Crippen LogP contribution in [0.25, 0.3) is 0 Å². The molecule has 24 heavy (non-hydrogen) atoms. The number of non-ortho nitro benzene ring substituents is 1. The van der Waals surface area contributed by atoms with Crippen molar-refractivity contribution in [2.24, 2.45) is 0 Å². The summed E-state index contributed by atoms with van der Waals surface area (Å²) >= 11 is 0. The van der Waals surface area contributed by atoms with E-state index in [1.54, 1.807) is 17.0 Å². The monoisotopic (exact) mass is 335 g/mol. The van der Waals surface area contributed by atoms with Crippen molar-refractivity contribution in [1.82, 2.24) is 4.90 Å². The van der Waals surface area contributed by atoms with Gasteiger partial charge in [-0.3, -0.25) is 10.1 Å². The van der Waals surface area contributed by atoms with Gasteiger partial charge in [0.2, 0.25) is 0 Å². The van der Waals surface area contributed by atoms with Gasteiger partial charge in [-0.1, -0.05) is 0 Å². The van der Waals surface area contributed by atoms with Crippen LogP contribution in [0, 0.1) is 24.0 Å². The van der Waals surface area contributed by atoms with Gasteiger partial charge < -0.3 is 14.5 Å². The number of amides is 1. The van der Waals surface area contributed by atoms with Gasteiger partial charge in [0.05, 0.1) is 4.92 Å². The number of benzene rings is 1. The van der Waals surface area contributed by atoms with Crippen LogP contribution < -0.4 is 4.90 Å². The van der Waals surface area contributed by atoms with Crippen molar-refractivity contribution >= 4 is 17.5 Å². The number of nitro groups is 1. The molecule has 0 radical (unpaired) electrons. The van der Waals surface area contributed by atoms with E-state index < -0.39 is 5.60 Å². The van der Waals surface area contributed by atoms with Gasteiger partial charge in [0, 0.05) is 44.0 Å². The largest absolute Gasteiger partial charge is 0.444 e. The second kappa shape index (κ2) is 6.67. The number of nitro benzene ring substituents is 1. The Labute approximate surface area is 142 Å². The van der Waals surface area contributed by atoms with Crippen LogP contribution in [0.4, 0.5) is 16.2 Å². The number of nitrogens with zero attached hydrogens (tertiary/aromatic N) is 3. The summed E-state index contributed by atoms with van der Waals surface area (Å²) in [6.07, 6.45) is -0.292. The lowest BCUT2D eigenvalue weighted by Crippen LogP contribution is -2.50. The van der Waals surface area contributed by atoms with E-state index in [4.69, 9.17) is 4.74 Å². The molecule has 0 spiro atoms. The highest BCUT2D eigenvalue weighted by Gasteiger charge is 2.27. The quantitative estimate of drug-likeness (QED) is 0.612. The second-order valence-electron chi connectivity index (χ2n) is 7.14. The van der Waals surface area contributed by atoms with Crippen LogP contribution in [0.1, 0.15) is 31.9 Å². The SMILES string of the molecule is Cc1cc([N+](=O)[O-])cc(C)c1N1CCN(C(=O)OC(C)(C)C)CC1. The van der Waals surface area contributed by atoms with E-state index in [1.165, 1.54) is 0 Å². The first-order valence-corrected chi connectivity index (χ1v) is 8.07. The van der Waals surface area contributed by atoms with Gasteiger partial charge in [0.15, 0.2) is 0 Å². The van der Waals surface area contributed by atoms with E-state index >= 15 is 0 Å². The highest BCUT2D eigenvalue weighted by molar-refractivity contribution is 5.69. The van der Waals surface area contributed by atoms with Gasteiger partial charge in [-0.15, -0.1) is 0 Å². The van der Waals surface area contributed by atoms with E-state index in [0.29, 0.717) is 26.2 Å². The van der Waals surface area contributed by atoms with Crippen molar-refractivity contribution in [1.29, 1.82) is 0 Å². The van der Waals surface area contributed by atoms with Crippen LogP contribution in [0.15, 0.2) is 12.1 Å². The number of hydrogen-bond acceptors (Lipinski definition) is 5. The summed E-state index contributed by atoms with van der Waals surface area (Å²) < 4.78 is 5.40. The van der Waals surface area contributed by atoms with Crippen LogP contribution in [0.2, 0.25) is 0 Å². The minimum atomic E-state index is -0.500. The molecule has 1 fully saturated rings. The molecule has 0 unspecified atom stereocenters. The van der Waals surface area contributed by atoms with Crippen molar-refractivity contribution in [3.63, 3.8) is 0 Å². The maximum absolute atomic E-state index is 12.1. The average Bonchev–Trinajstić information content (AvgIpc) is 2.45. The van der Waals surface area contributed by atoms with Crippen molar-refractivity contribution in [2.45, 2.75) is 40.2 Å². The molecule has 1 aromatic carbocycles. The summed E-state index contributed by atoms with van der Waals surface area (Å²) in [6.45, 7) is 11.8. The molecule has 1 saturated heterocycles. The van der Waals surface area contributed by atoms with Crippen LogP contribution >= 0.6 is 0 Å². The lowest BCUT2D eigenvalue weighted by Gasteiger charge is -2.38. The van der Waals surface area contributed by atoms with E-state index in [-0.39, 0.29) is 16.7 Å². The number of rotatable bonds is 2. The number of hydrogen-bond donors (Lipinski definition) is 0. The molecule has 132 valence electrons. The number of carbonyl (C=O) groups is 1. The Morgan fingerprint density at radius 3 is 2.04 bits per heavy atom. The van der Waals surface area contributed by atoms with E-state index in [9.17, 15) is 14.9 Å². The number of piperazine rings is 1. The number of carbonyl (C=O) groups excluding carboxylic acids is 1. The van der Waals surface area contributed by atoms with Crippen molar-refractivity contribution < 1.29 is 14.5 Å². The normalized spacial score (nSPS) is 15.4. The zero-order chi connectivity index (χ0) is 18.1. The molecule has 2 rings (SSSR count). The Morgan fingerprint density at radius 1 is 1.12 bits per heavy atom. The molecule has 0 aromatic heterocycles. The molecule has 0 saturated carbocycles. The zero-order valence-corrected chi connectivity index (χ0v) is 15.0. The Bertz CT molecular complexity index is 621. The summed E-state index contributed by atoms with van der Waals surface area (Å²) in [5, 5.41) is 11.0. The minimum absolute atomic E-state index is 0.112. The average molecular weight is 335 g/mol. The molecule has 0 bridgehead atoms. The molecule has 1 aliphatic rings. The predicted octanol–water partition coefficient (Wildman–Crippen LogP) is 3.27. The van der Waals surface area contributed by atoms with Gasteiger partial charge in [0.1, 0.15) is 5.60 Å². The molecule has 1 amide bonds. The Kier molecular flexibility index (Phi) is 5.01. The molecule has 1 heterocycles. The van der Waals surface area contributed by atoms with E-state index in [2.05, 4.69) is 4.90 Å². The van der Waals surface area contributed by atoms with Gasteiger partial charge in [0.25, 0.3) is 5.69 Å². The van der Waals surface area contributed by atoms with Gasteiger partial charge in [-0.05, 0) is 45.7 Å². The maximum Gasteiger partial charge on any atom is 0.410 e. The third kappa shape index (κ3) is 4.15. The highest BCUT2D eigenvalue weighted by Crippen LogP contribution is 2.30. The van der Waals surface area contributed by atoms with Gasteiger partial charge >= 0.3 is 6.09 Å². The third-order valence-electron chi connectivity index (χ3n) is 3.93. The number of anilines is 1. The summed E-state index contributed by atoms with van der Waals surface area (Å²) in [7, 11) is 0. The minimum Gasteiger partial charge on any atom is -0.444 e. The molecular weight excluding hydrogens is 310 g/mol. The maximum atomic E-state index is 12.1. The van der Waals surface area contributed by atoms with Crippen LogP contribution in [0.3, 0.4) is 0 Å². The Hall–Kier alpha value is -2.31. The fourth-order valence-corrected chi connectivity index (χ4v) is 2.98. The zero-order valence-electron chi connectivity index (χ0n) is 15.0. The fourth-order valence-electron chi connectivity index (χ4n) is 2.98. The topological polar surface area (TPSA) is 75.9 Å². The first-order valence-electron chi connectivity index (χ1n) is 8.07. The standard InChI is InChI=1S/C17H25N3O4/c1-12-10-14(20(22)23)11-13(2)15(12)18-6-8-19(9-7-18)16(21)24-17(3,4)5/h10-11H,6-9H2,1-5H3. The lowest BCUT2D eigenvalue weighted by molar-refractivity contribution is -0.384. The van der Waals surface area contributed by atoms with E-state index in [0.717, 1.165) is 16.8 Å². The smallest absolute Gasteiger partial charge is 0.410 e. The molecule has 7 heteroatoms. The summed E-state index contributed by atoms with van der Waals surface area (Å²) in [5.41, 5.74) is 2.39. The van der Waals surface area contributed by atoms with Gasteiger partial charge in [-0.25, -0.2) is 4.79 Å². The van der Waals surface area contributed by atoms with Crippen LogP contribution in [-0.4, -0.2) is 47.7 Å². The first-order chi connectivity index (χ1) is 11.1. The second-order valence-corrected chi connectivity index (χ2v) is 7.14.